The van der Waals surface area contributed by atoms with Crippen LogP contribution in [0.25, 0.3) is 0 Å². The summed E-state index contributed by atoms with van der Waals surface area (Å²) in [6.07, 6.45) is 1.37. The molecule has 13 heavy (non-hydrogen) atoms. The summed E-state index contributed by atoms with van der Waals surface area (Å²) in [5, 5.41) is 12.6. The first-order valence-electron chi connectivity index (χ1n) is 4.26. The van der Waals surface area contributed by atoms with Gasteiger partial charge in [-0.25, -0.2) is 0 Å². The van der Waals surface area contributed by atoms with E-state index in [1.54, 1.807) is 0 Å². The molecule has 0 aliphatic carbocycles. The SMILES string of the molecule is OC1=CO[C@H]2c3ccccc3N[C@@H]12. The Kier molecular flexibility index (Phi) is 1.15. The number of rotatable bonds is 0. The molecular formula is C10H9NO2. The normalized spacial score (nSPS) is 28.5. The molecule has 2 aliphatic heterocycles. The number of aliphatic hydroxyl groups excluding tert-OH is 1. The number of hydrogen-bond acceptors (Lipinski definition) is 3. The molecular weight excluding hydrogens is 166 g/mol. The van der Waals surface area contributed by atoms with Gasteiger partial charge in [-0.1, -0.05) is 18.2 Å². The average Bonchev–Trinajstić information content (AvgIpc) is 2.67. The lowest BCUT2D eigenvalue weighted by molar-refractivity contribution is 0.171. The maximum Gasteiger partial charge on any atom is 0.153 e. The Morgan fingerprint density at radius 1 is 1.31 bits per heavy atom. The van der Waals surface area contributed by atoms with Gasteiger partial charge in [0.1, 0.15) is 12.3 Å². The molecule has 2 aliphatic rings. The number of aliphatic hydroxyl groups is 1. The van der Waals surface area contributed by atoms with Crippen molar-refractivity contribution >= 4 is 5.69 Å². The molecule has 1 aromatic rings. The van der Waals surface area contributed by atoms with Crippen LogP contribution >= 0.6 is 0 Å². The van der Waals surface area contributed by atoms with E-state index in [0.29, 0.717) is 0 Å². The minimum atomic E-state index is -0.0857. The van der Waals surface area contributed by atoms with Gasteiger partial charge >= 0.3 is 0 Å². The first kappa shape index (κ1) is 6.83. The van der Waals surface area contributed by atoms with Crippen LogP contribution in [0.1, 0.15) is 11.7 Å². The molecule has 0 radical (unpaired) electrons. The Morgan fingerprint density at radius 2 is 2.15 bits per heavy atom. The van der Waals surface area contributed by atoms with Crippen molar-refractivity contribution in [2.75, 3.05) is 5.32 Å². The van der Waals surface area contributed by atoms with E-state index in [1.807, 2.05) is 24.3 Å². The number of para-hydroxylation sites is 1. The summed E-state index contributed by atoms with van der Waals surface area (Å²) < 4.78 is 5.34. The second-order valence-electron chi connectivity index (χ2n) is 3.31. The van der Waals surface area contributed by atoms with Gasteiger partial charge in [0, 0.05) is 11.3 Å². The van der Waals surface area contributed by atoms with Crippen LogP contribution in [0, 0.1) is 0 Å². The Balaban J connectivity index is 2.08. The molecule has 2 atom stereocenters. The highest BCUT2D eigenvalue weighted by Gasteiger charge is 2.39. The zero-order chi connectivity index (χ0) is 8.84. The zero-order valence-electron chi connectivity index (χ0n) is 6.90. The van der Waals surface area contributed by atoms with Crippen LogP contribution in [-0.2, 0) is 4.74 Å². The lowest BCUT2D eigenvalue weighted by atomic mass is 10.1. The molecule has 0 saturated heterocycles. The van der Waals surface area contributed by atoms with E-state index in [2.05, 4.69) is 5.32 Å². The fourth-order valence-corrected chi connectivity index (χ4v) is 1.90. The van der Waals surface area contributed by atoms with Crippen molar-refractivity contribution in [2.45, 2.75) is 12.1 Å². The zero-order valence-corrected chi connectivity index (χ0v) is 6.90. The van der Waals surface area contributed by atoms with E-state index in [-0.39, 0.29) is 17.9 Å². The van der Waals surface area contributed by atoms with Crippen molar-refractivity contribution in [2.24, 2.45) is 0 Å². The van der Waals surface area contributed by atoms with Gasteiger partial charge in [-0.15, -0.1) is 0 Å². The molecule has 2 N–H and O–H groups in total. The summed E-state index contributed by atoms with van der Waals surface area (Å²) in [7, 11) is 0. The van der Waals surface area contributed by atoms with Crippen LogP contribution in [0.15, 0.2) is 36.3 Å². The first-order chi connectivity index (χ1) is 6.36. The van der Waals surface area contributed by atoms with E-state index in [9.17, 15) is 5.11 Å². The van der Waals surface area contributed by atoms with Gasteiger partial charge in [-0.3, -0.25) is 0 Å². The van der Waals surface area contributed by atoms with Gasteiger partial charge in [0.25, 0.3) is 0 Å². The van der Waals surface area contributed by atoms with Crippen LogP contribution in [0.5, 0.6) is 0 Å². The van der Waals surface area contributed by atoms with Crippen LogP contribution in [0.3, 0.4) is 0 Å². The Morgan fingerprint density at radius 3 is 3.08 bits per heavy atom. The van der Waals surface area contributed by atoms with Crippen LogP contribution in [0.4, 0.5) is 5.69 Å². The lowest BCUT2D eigenvalue weighted by Gasteiger charge is -2.09. The number of fused-ring (bicyclic) bond motifs is 3. The van der Waals surface area contributed by atoms with Gasteiger partial charge in [0.2, 0.25) is 0 Å². The third-order valence-electron chi connectivity index (χ3n) is 2.54. The van der Waals surface area contributed by atoms with Crippen molar-refractivity contribution in [3.8, 4) is 0 Å². The minimum Gasteiger partial charge on any atom is -0.507 e. The molecule has 2 heterocycles. The third-order valence-corrected chi connectivity index (χ3v) is 2.54. The largest absolute Gasteiger partial charge is 0.507 e. The number of anilines is 1. The monoisotopic (exact) mass is 175 g/mol. The molecule has 0 saturated carbocycles. The minimum absolute atomic E-state index is 0.0452. The number of hydrogen-bond donors (Lipinski definition) is 2. The van der Waals surface area contributed by atoms with Gasteiger partial charge in [-0.05, 0) is 6.07 Å². The summed E-state index contributed by atoms with van der Waals surface area (Å²) in [6.45, 7) is 0. The predicted molar refractivity (Wildman–Crippen MR) is 48.4 cm³/mol. The Hall–Kier alpha value is -1.64. The lowest BCUT2D eigenvalue weighted by Crippen LogP contribution is -2.18. The molecule has 0 unspecified atom stereocenters. The molecule has 0 spiro atoms. The third kappa shape index (κ3) is 0.786. The van der Waals surface area contributed by atoms with Crippen molar-refractivity contribution in [1.29, 1.82) is 0 Å². The fourth-order valence-electron chi connectivity index (χ4n) is 1.90. The fraction of sp³-hybridized carbons (Fsp3) is 0.200. The van der Waals surface area contributed by atoms with Crippen LogP contribution < -0.4 is 5.32 Å². The summed E-state index contributed by atoms with van der Waals surface area (Å²) in [5.74, 6) is 0.279. The van der Waals surface area contributed by atoms with Crippen molar-refractivity contribution < 1.29 is 9.84 Å². The Labute approximate surface area is 75.6 Å². The molecule has 0 amide bonds. The van der Waals surface area contributed by atoms with Gasteiger partial charge in [-0.2, -0.15) is 0 Å². The smallest absolute Gasteiger partial charge is 0.153 e. The van der Waals surface area contributed by atoms with Gasteiger partial charge in [0.05, 0.1) is 0 Å². The standard InChI is InChI=1S/C10H9NO2/c12-8-5-13-10-6-3-1-2-4-7(6)11-9(8)10/h1-5,9-12H/t9-,10-/m0/s1. The van der Waals surface area contributed by atoms with Crippen molar-refractivity contribution in [3.63, 3.8) is 0 Å². The van der Waals surface area contributed by atoms with Gasteiger partial charge in [0.15, 0.2) is 11.9 Å². The molecule has 3 heteroatoms. The number of benzene rings is 1. The highest BCUT2D eigenvalue weighted by Crippen LogP contribution is 2.42. The number of nitrogens with one attached hydrogen (secondary N) is 1. The average molecular weight is 175 g/mol. The molecule has 0 aromatic heterocycles. The quantitative estimate of drug-likeness (QED) is 0.633. The van der Waals surface area contributed by atoms with Gasteiger partial charge < -0.3 is 15.2 Å². The molecule has 0 bridgehead atoms. The van der Waals surface area contributed by atoms with Crippen LogP contribution in [0.2, 0.25) is 0 Å². The van der Waals surface area contributed by atoms with E-state index >= 15 is 0 Å². The van der Waals surface area contributed by atoms with E-state index in [1.165, 1.54) is 6.26 Å². The molecule has 3 rings (SSSR count). The molecule has 3 nitrogen and oxygen atoms in total. The number of ether oxygens (including phenoxy) is 1. The molecule has 0 fully saturated rings. The highest BCUT2D eigenvalue weighted by atomic mass is 16.5. The second kappa shape index (κ2) is 2.19. The summed E-state index contributed by atoms with van der Waals surface area (Å²) >= 11 is 0. The van der Waals surface area contributed by atoms with Crippen molar-refractivity contribution in [3.05, 3.63) is 41.9 Å². The Bertz CT molecular complexity index is 386. The van der Waals surface area contributed by atoms with Crippen LogP contribution in [-0.4, -0.2) is 11.1 Å². The summed E-state index contributed by atoms with van der Waals surface area (Å²) in [4.78, 5) is 0. The van der Waals surface area contributed by atoms with E-state index in [0.717, 1.165) is 11.3 Å². The van der Waals surface area contributed by atoms with E-state index in [4.69, 9.17) is 4.74 Å². The topological polar surface area (TPSA) is 41.5 Å². The predicted octanol–water partition coefficient (Wildman–Crippen LogP) is 1.95. The molecule has 1 aromatic carbocycles. The second-order valence-corrected chi connectivity index (χ2v) is 3.31. The van der Waals surface area contributed by atoms with Crippen molar-refractivity contribution in [1.82, 2.24) is 0 Å². The highest BCUT2D eigenvalue weighted by molar-refractivity contribution is 5.60. The summed E-state index contributed by atoms with van der Waals surface area (Å²) in [5.41, 5.74) is 2.17. The van der Waals surface area contributed by atoms with E-state index < -0.39 is 0 Å². The first-order valence-corrected chi connectivity index (χ1v) is 4.26. The molecule has 66 valence electrons. The maximum absolute atomic E-state index is 9.45. The summed E-state index contributed by atoms with van der Waals surface area (Å²) in [6, 6.07) is 7.86. The maximum atomic E-state index is 9.45.